The molecule has 1 amide bonds. The first-order valence-corrected chi connectivity index (χ1v) is 11.9. The van der Waals surface area contributed by atoms with Gasteiger partial charge in [0.25, 0.3) is 10.0 Å². The molecule has 1 heterocycles. The highest BCUT2D eigenvalue weighted by molar-refractivity contribution is 7.93. The lowest BCUT2D eigenvalue weighted by Crippen LogP contribution is -2.40. The van der Waals surface area contributed by atoms with Gasteiger partial charge >= 0.3 is 5.97 Å². The van der Waals surface area contributed by atoms with Crippen molar-refractivity contribution in [3.63, 3.8) is 0 Å². The van der Waals surface area contributed by atoms with Crippen LogP contribution in [0.1, 0.15) is 35.7 Å². The van der Waals surface area contributed by atoms with Crippen LogP contribution in [0.15, 0.2) is 71.6 Å². The molecule has 0 saturated heterocycles. The van der Waals surface area contributed by atoms with Gasteiger partial charge in [0.2, 0.25) is 5.91 Å². The van der Waals surface area contributed by atoms with Gasteiger partial charge in [-0.2, -0.15) is 0 Å². The predicted octanol–water partition coefficient (Wildman–Crippen LogP) is 4.41. The predicted molar refractivity (Wildman–Crippen MR) is 127 cm³/mol. The Morgan fingerprint density at radius 3 is 2.33 bits per heavy atom. The molecule has 1 aliphatic rings. The fourth-order valence-corrected chi connectivity index (χ4v) is 5.47. The molecule has 0 bridgehead atoms. The number of amides is 1. The van der Waals surface area contributed by atoms with Crippen molar-refractivity contribution in [1.82, 2.24) is 0 Å². The van der Waals surface area contributed by atoms with Crippen LogP contribution in [0.5, 0.6) is 0 Å². The van der Waals surface area contributed by atoms with Gasteiger partial charge in [0.1, 0.15) is 6.54 Å². The molecule has 0 atom stereocenters. The molecular weight excluding hydrogens is 440 g/mol. The number of rotatable bonds is 5. The van der Waals surface area contributed by atoms with Crippen LogP contribution in [0.25, 0.3) is 11.1 Å². The van der Waals surface area contributed by atoms with Crippen molar-refractivity contribution in [3.8, 4) is 11.1 Å². The Kier molecular flexibility index (Phi) is 5.95. The normalized spacial score (nSPS) is 13.8. The second-order valence-corrected chi connectivity index (χ2v) is 9.89. The summed E-state index contributed by atoms with van der Waals surface area (Å²) in [6, 6.07) is 18.7. The average Bonchev–Trinajstić information content (AvgIpc) is 2.81. The van der Waals surface area contributed by atoms with Gasteiger partial charge in [0.05, 0.1) is 23.3 Å². The minimum absolute atomic E-state index is 0.175. The zero-order valence-corrected chi connectivity index (χ0v) is 19.3. The molecule has 0 aromatic heterocycles. The molecule has 1 aliphatic heterocycles. The van der Waals surface area contributed by atoms with Crippen LogP contribution in [0.4, 0.5) is 11.4 Å². The number of fused-ring (bicyclic) bond motifs is 3. The second-order valence-electron chi connectivity index (χ2n) is 8.06. The third-order valence-electron chi connectivity index (χ3n) is 5.58. The Balaban J connectivity index is 1.66. The van der Waals surface area contributed by atoms with E-state index in [1.54, 1.807) is 42.5 Å². The molecule has 0 aliphatic carbocycles. The highest BCUT2D eigenvalue weighted by Crippen LogP contribution is 2.43. The number of carbonyl (C=O) groups excluding carboxylic acids is 2. The van der Waals surface area contributed by atoms with Gasteiger partial charge in [-0.15, -0.1) is 0 Å². The Morgan fingerprint density at radius 1 is 0.970 bits per heavy atom. The van der Waals surface area contributed by atoms with E-state index >= 15 is 0 Å². The van der Waals surface area contributed by atoms with E-state index in [0.717, 1.165) is 15.4 Å². The fraction of sp³-hybridized carbons (Fsp3) is 0.200. The van der Waals surface area contributed by atoms with Crippen LogP contribution in [0, 0.1) is 0 Å². The summed E-state index contributed by atoms with van der Waals surface area (Å²) in [6.07, 6.45) is 0. The highest BCUT2D eigenvalue weighted by atomic mass is 32.2. The number of nitrogens with zero attached hydrogens (tertiary/aromatic N) is 1. The van der Waals surface area contributed by atoms with Gasteiger partial charge in [0.15, 0.2) is 0 Å². The first-order chi connectivity index (χ1) is 15.7. The lowest BCUT2D eigenvalue weighted by atomic mass is 9.95. The van der Waals surface area contributed by atoms with E-state index in [9.17, 15) is 18.0 Å². The maximum atomic E-state index is 13.4. The molecule has 8 heteroatoms. The van der Waals surface area contributed by atoms with Gasteiger partial charge in [-0.1, -0.05) is 38.1 Å². The summed E-state index contributed by atoms with van der Waals surface area (Å²) in [5, 5.41) is 2.70. The fourth-order valence-electron chi connectivity index (χ4n) is 3.82. The molecule has 7 nitrogen and oxygen atoms in total. The number of anilines is 2. The first kappa shape index (κ1) is 22.5. The molecule has 3 aromatic rings. The Morgan fingerprint density at radius 2 is 1.67 bits per heavy atom. The summed E-state index contributed by atoms with van der Waals surface area (Å²) in [4.78, 5) is 24.6. The lowest BCUT2D eigenvalue weighted by molar-refractivity contribution is -0.114. The molecule has 0 spiro atoms. The van der Waals surface area contributed by atoms with Gasteiger partial charge < -0.3 is 10.1 Å². The van der Waals surface area contributed by atoms with Crippen LogP contribution in [-0.2, 0) is 19.6 Å². The summed E-state index contributed by atoms with van der Waals surface area (Å²) in [5.74, 6) is -0.711. The standard InChI is InChI=1S/C25H24N2O5S/c1-16(2)18-10-13-22-21(14-18)20-6-4-5-7-23(20)33(30,31)27(22)15-24(28)26-19-11-8-17(9-12-19)25(29)32-3/h4-14,16H,15H2,1-3H3,(H,26,28). The largest absolute Gasteiger partial charge is 0.465 e. The molecule has 33 heavy (non-hydrogen) atoms. The highest BCUT2D eigenvalue weighted by Gasteiger charge is 2.36. The van der Waals surface area contributed by atoms with Crippen LogP contribution in [0.2, 0.25) is 0 Å². The van der Waals surface area contributed by atoms with E-state index in [0.29, 0.717) is 22.5 Å². The summed E-state index contributed by atoms with van der Waals surface area (Å²) in [5.41, 5.74) is 3.75. The van der Waals surface area contributed by atoms with Crippen molar-refractivity contribution in [2.24, 2.45) is 0 Å². The molecule has 4 rings (SSSR count). The molecule has 0 saturated carbocycles. The number of hydrogen-bond acceptors (Lipinski definition) is 5. The molecule has 0 unspecified atom stereocenters. The maximum absolute atomic E-state index is 13.4. The summed E-state index contributed by atoms with van der Waals surface area (Å²) in [6.45, 7) is 3.76. The molecule has 170 valence electrons. The van der Waals surface area contributed by atoms with E-state index in [2.05, 4.69) is 23.9 Å². The summed E-state index contributed by atoms with van der Waals surface area (Å²) < 4.78 is 32.7. The molecular formula is C25H24N2O5S. The van der Waals surface area contributed by atoms with Crippen molar-refractivity contribution in [3.05, 3.63) is 77.9 Å². The Labute approximate surface area is 193 Å². The van der Waals surface area contributed by atoms with E-state index in [1.165, 1.54) is 19.2 Å². The van der Waals surface area contributed by atoms with E-state index < -0.39 is 21.9 Å². The smallest absolute Gasteiger partial charge is 0.337 e. The number of methoxy groups -OCH3 is 1. The quantitative estimate of drug-likeness (QED) is 0.565. The van der Waals surface area contributed by atoms with Gasteiger partial charge in [-0.3, -0.25) is 9.10 Å². The summed E-state index contributed by atoms with van der Waals surface area (Å²) in [7, 11) is -2.64. The molecule has 0 fully saturated rings. The third kappa shape index (κ3) is 4.21. The van der Waals surface area contributed by atoms with Crippen LogP contribution in [-0.4, -0.2) is 33.9 Å². The SMILES string of the molecule is COC(=O)c1ccc(NC(=O)CN2c3ccc(C(C)C)cc3-c3ccccc3S2(=O)=O)cc1. The summed E-state index contributed by atoms with van der Waals surface area (Å²) >= 11 is 0. The molecule has 0 radical (unpaired) electrons. The number of hydrogen-bond donors (Lipinski definition) is 1. The Hall–Kier alpha value is -3.65. The monoisotopic (exact) mass is 464 g/mol. The second kappa shape index (κ2) is 8.71. The third-order valence-corrected chi connectivity index (χ3v) is 7.40. The van der Waals surface area contributed by atoms with Crippen LogP contribution >= 0.6 is 0 Å². The van der Waals surface area contributed by atoms with Gasteiger partial charge in [0, 0.05) is 16.8 Å². The number of esters is 1. The molecule has 1 N–H and O–H groups in total. The maximum Gasteiger partial charge on any atom is 0.337 e. The topological polar surface area (TPSA) is 92.8 Å². The van der Waals surface area contributed by atoms with E-state index in [1.807, 2.05) is 12.1 Å². The lowest BCUT2D eigenvalue weighted by Gasteiger charge is -2.32. The van der Waals surface area contributed by atoms with Crippen LogP contribution < -0.4 is 9.62 Å². The van der Waals surface area contributed by atoms with Crippen molar-refractivity contribution in [2.45, 2.75) is 24.7 Å². The van der Waals surface area contributed by atoms with Gasteiger partial charge in [-0.25, -0.2) is 13.2 Å². The zero-order chi connectivity index (χ0) is 23.8. The number of sulfonamides is 1. The minimum Gasteiger partial charge on any atom is -0.465 e. The first-order valence-electron chi connectivity index (χ1n) is 10.5. The Bertz CT molecular complexity index is 1330. The van der Waals surface area contributed by atoms with E-state index in [4.69, 9.17) is 0 Å². The van der Waals surface area contributed by atoms with Crippen molar-refractivity contribution < 1.29 is 22.7 Å². The average molecular weight is 465 g/mol. The number of ether oxygens (including phenoxy) is 1. The van der Waals surface area contributed by atoms with Crippen molar-refractivity contribution in [2.75, 3.05) is 23.3 Å². The van der Waals surface area contributed by atoms with Crippen LogP contribution in [0.3, 0.4) is 0 Å². The molecule has 3 aromatic carbocycles. The van der Waals surface area contributed by atoms with E-state index in [-0.39, 0.29) is 17.4 Å². The number of carbonyl (C=O) groups is 2. The number of nitrogens with one attached hydrogen (secondary N) is 1. The van der Waals surface area contributed by atoms with Crippen molar-refractivity contribution >= 4 is 33.3 Å². The zero-order valence-electron chi connectivity index (χ0n) is 18.5. The number of benzene rings is 3. The minimum atomic E-state index is -3.93. The van der Waals surface area contributed by atoms with Gasteiger partial charge in [-0.05, 0) is 53.9 Å². The van der Waals surface area contributed by atoms with Crippen molar-refractivity contribution in [1.29, 1.82) is 0 Å².